The predicted molar refractivity (Wildman–Crippen MR) is 252 cm³/mol. The highest BCUT2D eigenvalue weighted by Gasteiger charge is 2.87. The van der Waals surface area contributed by atoms with Gasteiger partial charge in [-0.1, -0.05) is 172 Å². The number of benzene rings is 8. The molecule has 12 rings (SSSR count). The van der Waals surface area contributed by atoms with Gasteiger partial charge in [0.2, 0.25) is 0 Å². The summed E-state index contributed by atoms with van der Waals surface area (Å²) in [6.07, 6.45) is 5.73. The molecule has 0 aliphatic heterocycles. The molecule has 0 aromatic heterocycles. The van der Waals surface area contributed by atoms with Crippen LogP contribution in [0.1, 0.15) is 57.6 Å². The number of hydrogen-bond acceptors (Lipinski definition) is 1. The van der Waals surface area contributed by atoms with Gasteiger partial charge in [0.25, 0.3) is 0 Å². The molecule has 292 valence electrons. The Labute approximate surface area is 355 Å². The van der Waals surface area contributed by atoms with E-state index >= 15 is 0 Å². The van der Waals surface area contributed by atoms with Crippen molar-refractivity contribution in [3.63, 3.8) is 0 Å². The molecule has 0 amide bonds. The zero-order valence-electron chi connectivity index (χ0n) is 34.9. The Hall–Kier alpha value is -6.18. The molecule has 4 aliphatic rings. The quantitative estimate of drug-likeness (QED) is 0.149. The summed E-state index contributed by atoms with van der Waals surface area (Å²) in [5.74, 6) is 2.89. The van der Waals surface area contributed by atoms with Gasteiger partial charge in [0.15, 0.2) is 0 Å². The van der Waals surface area contributed by atoms with Crippen LogP contribution in [0.3, 0.4) is 0 Å². The Morgan fingerprint density at radius 3 is 1.65 bits per heavy atom. The molecule has 60 heavy (non-hydrogen) atoms. The van der Waals surface area contributed by atoms with Crippen LogP contribution in [0.15, 0.2) is 188 Å². The molecule has 0 N–H and O–H groups in total. The normalized spacial score (nSPS) is 23.3. The summed E-state index contributed by atoms with van der Waals surface area (Å²) in [4.78, 5) is 2.49. The van der Waals surface area contributed by atoms with Crippen LogP contribution in [0.2, 0.25) is 0 Å². The van der Waals surface area contributed by atoms with Gasteiger partial charge in [-0.15, -0.1) is 0 Å². The van der Waals surface area contributed by atoms with Gasteiger partial charge in [-0.25, -0.2) is 0 Å². The summed E-state index contributed by atoms with van der Waals surface area (Å²) >= 11 is 0. The van der Waals surface area contributed by atoms with Gasteiger partial charge in [-0.3, -0.25) is 0 Å². The van der Waals surface area contributed by atoms with Crippen molar-refractivity contribution in [2.75, 3.05) is 4.90 Å². The van der Waals surface area contributed by atoms with Gasteiger partial charge in [-0.2, -0.15) is 0 Å². The molecular formula is C59H51N. The lowest BCUT2D eigenvalue weighted by molar-refractivity contribution is -0.394. The van der Waals surface area contributed by atoms with Gasteiger partial charge in [-0.05, 0) is 152 Å². The minimum Gasteiger partial charge on any atom is -0.310 e. The van der Waals surface area contributed by atoms with E-state index in [1.54, 1.807) is 5.56 Å². The third kappa shape index (κ3) is 5.05. The third-order valence-electron chi connectivity index (χ3n) is 15.7. The minimum atomic E-state index is 0.0663. The lowest BCUT2D eigenvalue weighted by Gasteiger charge is -2.91. The molecule has 4 fully saturated rings. The van der Waals surface area contributed by atoms with E-state index in [9.17, 15) is 0 Å². The van der Waals surface area contributed by atoms with Crippen molar-refractivity contribution in [2.45, 2.75) is 57.3 Å². The van der Waals surface area contributed by atoms with Crippen molar-refractivity contribution in [3.8, 4) is 44.5 Å². The molecule has 0 radical (unpaired) electrons. The Balaban J connectivity index is 0.987. The largest absolute Gasteiger partial charge is 0.310 e. The van der Waals surface area contributed by atoms with E-state index in [1.807, 2.05) is 0 Å². The smallest absolute Gasteiger partial charge is 0.0540 e. The van der Waals surface area contributed by atoms with E-state index in [1.165, 1.54) is 92.2 Å². The Morgan fingerprint density at radius 1 is 0.450 bits per heavy atom. The monoisotopic (exact) mass is 773 g/mol. The van der Waals surface area contributed by atoms with Crippen LogP contribution >= 0.6 is 0 Å². The second-order valence-electron chi connectivity index (χ2n) is 19.4. The van der Waals surface area contributed by atoms with E-state index in [0.717, 1.165) is 29.1 Å². The maximum atomic E-state index is 2.51. The van der Waals surface area contributed by atoms with Crippen LogP contribution in [0.25, 0.3) is 55.3 Å². The minimum absolute atomic E-state index is 0.0663. The van der Waals surface area contributed by atoms with Crippen molar-refractivity contribution in [1.29, 1.82) is 0 Å². The summed E-state index contributed by atoms with van der Waals surface area (Å²) in [6.45, 7) is 6.89. The number of hydrogen-bond donors (Lipinski definition) is 0. The standard InChI is InChI=1S/C59H51N/c1-57(2,3)44-27-31-49(32-28-44)60(48-29-24-39(25-30-48)43-26-33-50(40-14-6-4-7-15-40)53(34-43)41-16-8-5-9-17-41)55-23-11-10-20-51(55)52-21-12-18-42-19-13-22-54(56(42)52)58-37-46-35-45-36-47(38-58)59(45,46)58/h4-34,45-47H,35-38H2,1-3H3. The first-order valence-corrected chi connectivity index (χ1v) is 22.2. The van der Waals surface area contributed by atoms with Gasteiger partial charge in [0.1, 0.15) is 0 Å². The third-order valence-corrected chi connectivity index (χ3v) is 15.7. The highest BCUT2D eigenvalue weighted by Crippen LogP contribution is 2.93. The van der Waals surface area contributed by atoms with Crippen molar-refractivity contribution in [3.05, 3.63) is 199 Å². The molecule has 1 heteroatoms. The van der Waals surface area contributed by atoms with Crippen molar-refractivity contribution < 1.29 is 0 Å². The first kappa shape index (κ1) is 35.7. The molecule has 8 aromatic rings. The first-order chi connectivity index (χ1) is 29.3. The van der Waals surface area contributed by atoms with Gasteiger partial charge >= 0.3 is 0 Å². The zero-order chi connectivity index (χ0) is 40.2. The van der Waals surface area contributed by atoms with Gasteiger partial charge in [0.05, 0.1) is 5.69 Å². The van der Waals surface area contributed by atoms with Crippen molar-refractivity contribution in [2.24, 2.45) is 23.2 Å². The summed E-state index contributed by atoms with van der Waals surface area (Å²) < 4.78 is 0. The van der Waals surface area contributed by atoms with Crippen LogP contribution in [-0.4, -0.2) is 0 Å². The maximum absolute atomic E-state index is 2.51. The number of para-hydroxylation sites is 1. The molecule has 8 aromatic carbocycles. The number of nitrogens with zero attached hydrogens (tertiary/aromatic N) is 1. The molecule has 4 aliphatic carbocycles. The molecule has 0 bridgehead atoms. The molecule has 1 spiro atoms. The average molecular weight is 774 g/mol. The van der Waals surface area contributed by atoms with Crippen molar-refractivity contribution in [1.82, 2.24) is 0 Å². The van der Waals surface area contributed by atoms with Crippen LogP contribution in [0.4, 0.5) is 17.1 Å². The van der Waals surface area contributed by atoms with Crippen molar-refractivity contribution >= 4 is 27.8 Å². The summed E-state index contributed by atoms with van der Waals surface area (Å²) in [7, 11) is 0. The summed E-state index contributed by atoms with van der Waals surface area (Å²) in [6, 6.07) is 70.4. The maximum Gasteiger partial charge on any atom is 0.0540 e. The predicted octanol–water partition coefficient (Wildman–Crippen LogP) is 16.0. The van der Waals surface area contributed by atoms with Gasteiger partial charge in [0, 0.05) is 22.4 Å². The molecule has 1 nitrogen and oxygen atoms in total. The molecule has 0 saturated heterocycles. The lowest BCUT2D eigenvalue weighted by atomic mass is 9.12. The molecular weight excluding hydrogens is 723 g/mol. The highest BCUT2D eigenvalue weighted by atomic mass is 15.1. The second-order valence-corrected chi connectivity index (χ2v) is 19.4. The Bertz CT molecular complexity index is 2880. The van der Waals surface area contributed by atoms with E-state index in [-0.39, 0.29) is 5.41 Å². The number of anilines is 3. The van der Waals surface area contributed by atoms with Gasteiger partial charge < -0.3 is 4.90 Å². The van der Waals surface area contributed by atoms with Crippen LogP contribution in [0.5, 0.6) is 0 Å². The van der Waals surface area contributed by atoms with E-state index in [0.29, 0.717) is 10.8 Å². The topological polar surface area (TPSA) is 3.24 Å². The number of fused-ring (bicyclic) bond motifs is 1. The number of rotatable bonds is 8. The molecule has 2 unspecified atom stereocenters. The summed E-state index contributed by atoms with van der Waals surface area (Å²) in [5.41, 5.74) is 17.5. The van der Waals surface area contributed by atoms with E-state index in [2.05, 4.69) is 214 Å². The zero-order valence-corrected chi connectivity index (χ0v) is 34.9. The van der Waals surface area contributed by atoms with Crippen LogP contribution < -0.4 is 4.90 Å². The molecule has 0 heterocycles. The molecule has 2 atom stereocenters. The van der Waals surface area contributed by atoms with E-state index in [4.69, 9.17) is 0 Å². The Kier molecular flexibility index (Phi) is 7.84. The Morgan fingerprint density at radius 2 is 1.02 bits per heavy atom. The second kappa shape index (κ2) is 13.2. The fourth-order valence-corrected chi connectivity index (χ4v) is 13.0. The average Bonchev–Trinajstić information content (AvgIpc) is 3.26. The molecule has 4 saturated carbocycles. The summed E-state index contributed by atoms with van der Waals surface area (Å²) in [5, 5.41) is 2.84. The fourth-order valence-electron chi connectivity index (χ4n) is 13.0. The highest BCUT2D eigenvalue weighted by molar-refractivity contribution is 6.04. The SMILES string of the molecule is CC(C)(C)c1ccc(N(c2ccc(-c3ccc(-c4ccccc4)c(-c4ccccc4)c3)cc2)c2ccccc2-c2cccc3cccc(C45CC6CC7CC(C4)C765)c23)cc1. The van der Waals surface area contributed by atoms with Crippen LogP contribution in [0, 0.1) is 23.2 Å². The van der Waals surface area contributed by atoms with Crippen LogP contribution in [-0.2, 0) is 10.8 Å². The lowest BCUT2D eigenvalue weighted by Crippen LogP contribution is -2.87. The van der Waals surface area contributed by atoms with E-state index < -0.39 is 0 Å². The fraction of sp³-hybridized carbons (Fsp3) is 0.220. The first-order valence-electron chi connectivity index (χ1n) is 22.2.